The van der Waals surface area contributed by atoms with Crippen molar-refractivity contribution in [3.05, 3.63) is 53.6 Å². The molecule has 2 aromatic carbocycles. The predicted octanol–water partition coefficient (Wildman–Crippen LogP) is 3.88. The van der Waals surface area contributed by atoms with E-state index in [1.54, 1.807) is 0 Å². The first-order chi connectivity index (χ1) is 9.28. The molecule has 0 radical (unpaired) electrons. The molecule has 2 heteroatoms. The number of fused-ring (bicyclic) bond motifs is 1. The summed E-state index contributed by atoms with van der Waals surface area (Å²) in [5.74, 6) is 1.18. The topological polar surface area (TPSA) is 26.3 Å². The first-order valence-corrected chi connectivity index (χ1v) is 6.67. The zero-order valence-corrected chi connectivity index (χ0v) is 11.0. The third-order valence-electron chi connectivity index (χ3n) is 3.53. The van der Waals surface area contributed by atoms with Crippen molar-refractivity contribution in [2.45, 2.75) is 19.8 Å². The molecule has 2 aromatic rings. The van der Waals surface area contributed by atoms with Crippen molar-refractivity contribution in [2.24, 2.45) is 0 Å². The van der Waals surface area contributed by atoms with Gasteiger partial charge in [0.1, 0.15) is 5.75 Å². The fraction of sp³-hybridized carbons (Fsp3) is 0.235. The van der Waals surface area contributed by atoms with Gasteiger partial charge >= 0.3 is 0 Å². The van der Waals surface area contributed by atoms with Crippen molar-refractivity contribution >= 4 is 5.78 Å². The molecule has 0 spiro atoms. The van der Waals surface area contributed by atoms with Gasteiger partial charge in [0.05, 0.1) is 6.61 Å². The van der Waals surface area contributed by atoms with Crippen LogP contribution in [0, 0.1) is 0 Å². The zero-order chi connectivity index (χ0) is 13.2. The molecule has 0 aromatic heterocycles. The van der Waals surface area contributed by atoms with Gasteiger partial charge in [0.2, 0.25) is 0 Å². The van der Waals surface area contributed by atoms with Crippen molar-refractivity contribution in [1.29, 1.82) is 0 Å². The molecule has 0 unspecified atom stereocenters. The van der Waals surface area contributed by atoms with Gasteiger partial charge in [-0.05, 0) is 34.9 Å². The van der Waals surface area contributed by atoms with Gasteiger partial charge in [-0.25, -0.2) is 0 Å². The predicted molar refractivity (Wildman–Crippen MR) is 75.7 cm³/mol. The van der Waals surface area contributed by atoms with E-state index < -0.39 is 0 Å². The Morgan fingerprint density at radius 3 is 2.84 bits per heavy atom. The van der Waals surface area contributed by atoms with E-state index in [1.165, 1.54) is 5.56 Å². The van der Waals surface area contributed by atoms with E-state index >= 15 is 0 Å². The molecule has 1 heterocycles. The van der Waals surface area contributed by atoms with E-state index in [0.717, 1.165) is 35.5 Å². The van der Waals surface area contributed by atoms with Crippen molar-refractivity contribution in [3.8, 4) is 16.9 Å². The average molecular weight is 252 g/mol. The first kappa shape index (κ1) is 12.0. The van der Waals surface area contributed by atoms with Crippen molar-refractivity contribution in [2.75, 3.05) is 6.61 Å². The maximum absolute atomic E-state index is 11.8. The SMILES string of the molecule is CCC(=O)c1cccc(-c2ccc3c(c2)CCO3)c1. The maximum atomic E-state index is 11.8. The molecule has 3 rings (SSSR count). The summed E-state index contributed by atoms with van der Waals surface area (Å²) in [4.78, 5) is 11.8. The van der Waals surface area contributed by atoms with E-state index in [2.05, 4.69) is 12.1 Å². The molecular formula is C17H16O2. The lowest BCUT2D eigenvalue weighted by Gasteiger charge is -2.06. The van der Waals surface area contributed by atoms with E-state index in [1.807, 2.05) is 37.3 Å². The summed E-state index contributed by atoms with van der Waals surface area (Å²) in [5.41, 5.74) is 4.28. The number of hydrogen-bond donors (Lipinski definition) is 0. The van der Waals surface area contributed by atoms with Crippen LogP contribution in [0.1, 0.15) is 29.3 Å². The molecular weight excluding hydrogens is 236 g/mol. The molecule has 0 atom stereocenters. The largest absolute Gasteiger partial charge is 0.493 e. The highest BCUT2D eigenvalue weighted by Gasteiger charge is 2.13. The molecule has 0 fully saturated rings. The second kappa shape index (κ2) is 4.88. The molecule has 0 saturated carbocycles. The van der Waals surface area contributed by atoms with Crippen LogP contribution in [0.25, 0.3) is 11.1 Å². The molecule has 1 aliphatic heterocycles. The quantitative estimate of drug-likeness (QED) is 0.775. The minimum Gasteiger partial charge on any atom is -0.493 e. The summed E-state index contributed by atoms with van der Waals surface area (Å²) in [6.07, 6.45) is 1.51. The number of hydrogen-bond acceptors (Lipinski definition) is 2. The number of carbonyl (C=O) groups is 1. The lowest BCUT2D eigenvalue weighted by atomic mass is 9.98. The summed E-state index contributed by atoms with van der Waals surface area (Å²) in [5, 5.41) is 0. The third-order valence-corrected chi connectivity index (χ3v) is 3.53. The lowest BCUT2D eigenvalue weighted by Crippen LogP contribution is -1.96. The Balaban J connectivity index is 2.00. The fourth-order valence-electron chi connectivity index (χ4n) is 2.44. The van der Waals surface area contributed by atoms with Crippen LogP contribution in [0.2, 0.25) is 0 Å². The molecule has 96 valence electrons. The Hall–Kier alpha value is -2.09. The fourth-order valence-corrected chi connectivity index (χ4v) is 2.44. The number of rotatable bonds is 3. The smallest absolute Gasteiger partial charge is 0.162 e. The summed E-state index contributed by atoms with van der Waals surface area (Å²) in [6.45, 7) is 2.66. The minimum absolute atomic E-state index is 0.186. The van der Waals surface area contributed by atoms with Crippen LogP contribution in [0.4, 0.5) is 0 Å². The van der Waals surface area contributed by atoms with Crippen LogP contribution in [-0.4, -0.2) is 12.4 Å². The van der Waals surface area contributed by atoms with Crippen molar-refractivity contribution in [1.82, 2.24) is 0 Å². The Bertz CT molecular complexity index is 629. The molecule has 1 aliphatic rings. The van der Waals surface area contributed by atoms with Gasteiger partial charge in [-0.2, -0.15) is 0 Å². The standard InChI is InChI=1S/C17H16O2/c1-2-16(18)14-5-3-4-12(10-14)13-6-7-17-15(11-13)8-9-19-17/h3-7,10-11H,2,8-9H2,1H3. The molecule has 0 N–H and O–H groups in total. The van der Waals surface area contributed by atoms with Gasteiger partial charge in [-0.15, -0.1) is 0 Å². The van der Waals surface area contributed by atoms with E-state index in [0.29, 0.717) is 6.42 Å². The second-order valence-electron chi connectivity index (χ2n) is 4.78. The van der Waals surface area contributed by atoms with Crippen LogP contribution in [0.5, 0.6) is 5.75 Å². The van der Waals surface area contributed by atoms with Gasteiger partial charge in [0.25, 0.3) is 0 Å². The van der Waals surface area contributed by atoms with Crippen LogP contribution in [0.15, 0.2) is 42.5 Å². The highest BCUT2D eigenvalue weighted by Crippen LogP contribution is 2.30. The van der Waals surface area contributed by atoms with Crippen molar-refractivity contribution < 1.29 is 9.53 Å². The third kappa shape index (κ3) is 2.26. The monoisotopic (exact) mass is 252 g/mol. The number of ether oxygens (including phenoxy) is 1. The van der Waals surface area contributed by atoms with Crippen LogP contribution >= 0.6 is 0 Å². The molecule has 0 aliphatic carbocycles. The van der Waals surface area contributed by atoms with Crippen LogP contribution in [0.3, 0.4) is 0 Å². The Kier molecular flexibility index (Phi) is 3.08. The van der Waals surface area contributed by atoms with E-state index in [9.17, 15) is 4.79 Å². The molecule has 0 bridgehead atoms. The van der Waals surface area contributed by atoms with E-state index in [-0.39, 0.29) is 5.78 Å². The highest BCUT2D eigenvalue weighted by atomic mass is 16.5. The van der Waals surface area contributed by atoms with Gasteiger partial charge in [0.15, 0.2) is 5.78 Å². The first-order valence-electron chi connectivity index (χ1n) is 6.67. The summed E-state index contributed by atoms with van der Waals surface area (Å²) >= 11 is 0. The lowest BCUT2D eigenvalue weighted by molar-refractivity contribution is 0.0988. The number of Topliss-reactive ketones (excluding diaryl/α,β-unsaturated/α-hetero) is 1. The number of carbonyl (C=O) groups excluding carboxylic acids is 1. The highest BCUT2D eigenvalue weighted by molar-refractivity contribution is 5.97. The van der Waals surface area contributed by atoms with E-state index in [4.69, 9.17) is 4.74 Å². The average Bonchev–Trinajstić information content (AvgIpc) is 2.94. The second-order valence-corrected chi connectivity index (χ2v) is 4.78. The number of benzene rings is 2. The van der Waals surface area contributed by atoms with Gasteiger partial charge in [-0.3, -0.25) is 4.79 Å². The molecule has 0 saturated heterocycles. The van der Waals surface area contributed by atoms with Gasteiger partial charge < -0.3 is 4.74 Å². The van der Waals surface area contributed by atoms with Crippen LogP contribution in [-0.2, 0) is 6.42 Å². The molecule has 19 heavy (non-hydrogen) atoms. The Labute approximate surface area is 113 Å². The van der Waals surface area contributed by atoms with Crippen LogP contribution < -0.4 is 4.74 Å². The Morgan fingerprint density at radius 1 is 1.16 bits per heavy atom. The summed E-state index contributed by atoms with van der Waals surface area (Å²) in [6, 6.07) is 14.1. The summed E-state index contributed by atoms with van der Waals surface area (Å²) < 4.78 is 5.51. The molecule has 2 nitrogen and oxygen atoms in total. The normalized spacial score (nSPS) is 12.9. The van der Waals surface area contributed by atoms with Gasteiger partial charge in [-0.1, -0.05) is 31.2 Å². The number of ketones is 1. The zero-order valence-electron chi connectivity index (χ0n) is 11.0. The maximum Gasteiger partial charge on any atom is 0.162 e. The summed E-state index contributed by atoms with van der Waals surface area (Å²) in [7, 11) is 0. The minimum atomic E-state index is 0.186. The molecule has 0 amide bonds. The van der Waals surface area contributed by atoms with Crippen molar-refractivity contribution in [3.63, 3.8) is 0 Å². The van der Waals surface area contributed by atoms with Gasteiger partial charge in [0, 0.05) is 18.4 Å². The Morgan fingerprint density at radius 2 is 2.00 bits per heavy atom.